The van der Waals surface area contributed by atoms with Crippen molar-refractivity contribution in [2.24, 2.45) is 5.73 Å². The Kier molecular flexibility index (Phi) is 4.84. The van der Waals surface area contributed by atoms with Gasteiger partial charge < -0.3 is 5.73 Å². The minimum absolute atomic E-state index is 0.0421. The topological polar surface area (TPSA) is 51.8 Å². The van der Waals surface area contributed by atoms with Gasteiger partial charge in [-0.05, 0) is 42.2 Å². The number of benzene rings is 1. The third-order valence-electron chi connectivity index (χ3n) is 2.45. The Balaban J connectivity index is 2.24. The fourth-order valence-corrected chi connectivity index (χ4v) is 3.18. The molecule has 0 unspecified atom stereocenters. The standard InChI is InChI=1S/C12H13F2N3S2/c1-2-10-16-12(19-17-10)18-11-8(13)5-7(3-4-15)6-9(11)14/h5-6H,2-4,15H2,1H3. The van der Waals surface area contributed by atoms with Crippen LogP contribution < -0.4 is 5.73 Å². The molecule has 0 spiro atoms. The molecule has 0 radical (unpaired) electrons. The van der Waals surface area contributed by atoms with Gasteiger partial charge in [0.15, 0.2) is 4.34 Å². The van der Waals surface area contributed by atoms with Crippen LogP contribution in [0.15, 0.2) is 21.4 Å². The second-order valence-corrected chi connectivity index (χ2v) is 5.87. The Bertz CT molecular complexity index is 549. The van der Waals surface area contributed by atoms with Gasteiger partial charge in [-0.25, -0.2) is 13.8 Å². The third-order valence-corrected chi connectivity index (χ3v) is 4.33. The van der Waals surface area contributed by atoms with Crippen LogP contribution in [0.1, 0.15) is 18.3 Å². The maximum Gasteiger partial charge on any atom is 0.175 e. The molecule has 1 heterocycles. The lowest BCUT2D eigenvalue weighted by Gasteiger charge is -2.05. The molecule has 1 aromatic heterocycles. The minimum Gasteiger partial charge on any atom is -0.330 e. The van der Waals surface area contributed by atoms with Crippen LogP contribution >= 0.6 is 23.3 Å². The molecule has 0 bridgehead atoms. The lowest BCUT2D eigenvalue weighted by atomic mass is 10.1. The molecule has 2 rings (SSSR count). The van der Waals surface area contributed by atoms with Crippen molar-refractivity contribution in [2.75, 3.05) is 6.54 Å². The average molecular weight is 301 g/mol. The molecule has 7 heteroatoms. The van der Waals surface area contributed by atoms with E-state index in [1.807, 2.05) is 6.92 Å². The van der Waals surface area contributed by atoms with Crippen molar-refractivity contribution in [3.05, 3.63) is 35.2 Å². The molecule has 1 aromatic carbocycles. The van der Waals surface area contributed by atoms with E-state index in [-0.39, 0.29) is 4.90 Å². The molecule has 2 aromatic rings. The van der Waals surface area contributed by atoms with Crippen LogP contribution in [0, 0.1) is 11.6 Å². The van der Waals surface area contributed by atoms with Crippen molar-refractivity contribution in [3.8, 4) is 0 Å². The molecular formula is C12H13F2N3S2. The molecule has 2 N–H and O–H groups in total. The third kappa shape index (κ3) is 3.49. The molecule has 0 aliphatic rings. The van der Waals surface area contributed by atoms with Gasteiger partial charge in [-0.15, -0.1) is 0 Å². The first-order valence-electron chi connectivity index (χ1n) is 5.82. The Hall–Kier alpha value is -1.05. The van der Waals surface area contributed by atoms with Crippen LogP contribution in [0.25, 0.3) is 0 Å². The van der Waals surface area contributed by atoms with E-state index < -0.39 is 11.6 Å². The van der Waals surface area contributed by atoms with Crippen LogP contribution in [0.5, 0.6) is 0 Å². The fraction of sp³-hybridized carbons (Fsp3) is 0.333. The van der Waals surface area contributed by atoms with E-state index >= 15 is 0 Å². The van der Waals surface area contributed by atoms with E-state index in [0.717, 1.165) is 23.3 Å². The van der Waals surface area contributed by atoms with Crippen LogP contribution in [0.3, 0.4) is 0 Å². The minimum atomic E-state index is -0.582. The van der Waals surface area contributed by atoms with Gasteiger partial charge in [0.1, 0.15) is 17.5 Å². The quantitative estimate of drug-likeness (QED) is 0.922. The van der Waals surface area contributed by atoms with E-state index in [0.29, 0.717) is 35.1 Å². The molecule has 0 aliphatic carbocycles. The molecule has 19 heavy (non-hydrogen) atoms. The van der Waals surface area contributed by atoms with E-state index in [9.17, 15) is 8.78 Å². The van der Waals surface area contributed by atoms with Crippen LogP contribution in [-0.2, 0) is 12.8 Å². The number of aryl methyl sites for hydroxylation is 1. The van der Waals surface area contributed by atoms with E-state index in [1.54, 1.807) is 0 Å². The fourth-order valence-electron chi connectivity index (χ4n) is 1.53. The number of nitrogens with two attached hydrogens (primary N) is 1. The van der Waals surface area contributed by atoms with Crippen LogP contribution in [0.4, 0.5) is 8.78 Å². The predicted octanol–water partition coefficient (Wildman–Crippen LogP) is 3.03. The predicted molar refractivity (Wildman–Crippen MR) is 72.5 cm³/mol. The van der Waals surface area contributed by atoms with Crippen LogP contribution in [-0.4, -0.2) is 15.9 Å². The molecule has 0 atom stereocenters. The largest absolute Gasteiger partial charge is 0.330 e. The zero-order valence-electron chi connectivity index (χ0n) is 10.3. The summed E-state index contributed by atoms with van der Waals surface area (Å²) in [5.41, 5.74) is 5.94. The summed E-state index contributed by atoms with van der Waals surface area (Å²) in [4.78, 5) is 4.14. The molecule has 0 aliphatic heterocycles. The molecule has 0 saturated heterocycles. The van der Waals surface area contributed by atoms with Gasteiger partial charge >= 0.3 is 0 Å². The second kappa shape index (κ2) is 6.40. The van der Waals surface area contributed by atoms with Gasteiger partial charge in [0, 0.05) is 6.42 Å². The number of halogens is 2. The first-order chi connectivity index (χ1) is 9.13. The number of aromatic nitrogens is 2. The molecular weight excluding hydrogens is 288 g/mol. The zero-order chi connectivity index (χ0) is 13.8. The monoisotopic (exact) mass is 301 g/mol. The Morgan fingerprint density at radius 3 is 2.53 bits per heavy atom. The van der Waals surface area contributed by atoms with Crippen molar-refractivity contribution >= 4 is 23.3 Å². The molecule has 0 amide bonds. The van der Waals surface area contributed by atoms with Gasteiger partial charge in [-0.2, -0.15) is 4.37 Å². The summed E-state index contributed by atoms with van der Waals surface area (Å²) >= 11 is 2.12. The average Bonchev–Trinajstić information content (AvgIpc) is 2.82. The highest BCUT2D eigenvalue weighted by Gasteiger charge is 2.15. The number of hydrogen-bond acceptors (Lipinski definition) is 5. The number of rotatable bonds is 5. The zero-order valence-corrected chi connectivity index (χ0v) is 12.0. The summed E-state index contributed by atoms with van der Waals surface area (Å²) in [6, 6.07) is 2.64. The Morgan fingerprint density at radius 2 is 2.00 bits per heavy atom. The molecule has 0 fully saturated rings. The van der Waals surface area contributed by atoms with Gasteiger partial charge in [-0.3, -0.25) is 0 Å². The SMILES string of the molecule is CCc1nsc(Sc2c(F)cc(CCN)cc2F)n1. The molecule has 3 nitrogen and oxygen atoms in total. The van der Waals surface area contributed by atoms with Crippen molar-refractivity contribution in [2.45, 2.75) is 29.0 Å². The highest BCUT2D eigenvalue weighted by atomic mass is 32.2. The lowest BCUT2D eigenvalue weighted by molar-refractivity contribution is 0.537. The lowest BCUT2D eigenvalue weighted by Crippen LogP contribution is -2.04. The van der Waals surface area contributed by atoms with Gasteiger partial charge in [0.2, 0.25) is 0 Å². The highest BCUT2D eigenvalue weighted by molar-refractivity contribution is 8.01. The highest BCUT2D eigenvalue weighted by Crippen LogP contribution is 2.33. The molecule has 102 valence electrons. The number of nitrogens with zero attached hydrogens (tertiary/aromatic N) is 2. The van der Waals surface area contributed by atoms with Crippen molar-refractivity contribution in [1.29, 1.82) is 0 Å². The van der Waals surface area contributed by atoms with Gasteiger partial charge in [0.25, 0.3) is 0 Å². The summed E-state index contributed by atoms with van der Waals surface area (Å²) in [7, 11) is 0. The van der Waals surface area contributed by atoms with Crippen molar-refractivity contribution < 1.29 is 8.78 Å². The Morgan fingerprint density at radius 1 is 1.32 bits per heavy atom. The van der Waals surface area contributed by atoms with E-state index in [1.165, 1.54) is 12.1 Å². The van der Waals surface area contributed by atoms with E-state index in [2.05, 4.69) is 9.36 Å². The smallest absolute Gasteiger partial charge is 0.175 e. The second-order valence-electron chi connectivity index (χ2n) is 3.86. The summed E-state index contributed by atoms with van der Waals surface area (Å²) in [6.45, 7) is 2.29. The summed E-state index contributed by atoms with van der Waals surface area (Å²) < 4.78 is 32.4. The molecule has 0 saturated carbocycles. The maximum atomic E-state index is 13.9. The van der Waals surface area contributed by atoms with Gasteiger partial charge in [-0.1, -0.05) is 18.7 Å². The van der Waals surface area contributed by atoms with Gasteiger partial charge in [0.05, 0.1) is 4.90 Å². The summed E-state index contributed by atoms with van der Waals surface area (Å²) in [5.74, 6) is -0.475. The summed E-state index contributed by atoms with van der Waals surface area (Å²) in [6.07, 6.45) is 1.16. The number of hydrogen-bond donors (Lipinski definition) is 1. The van der Waals surface area contributed by atoms with Crippen molar-refractivity contribution in [3.63, 3.8) is 0 Å². The Labute approximate surface area is 118 Å². The first-order valence-corrected chi connectivity index (χ1v) is 7.41. The van der Waals surface area contributed by atoms with E-state index in [4.69, 9.17) is 5.73 Å². The first kappa shape index (κ1) is 14.4. The summed E-state index contributed by atoms with van der Waals surface area (Å²) in [5, 5.41) is 0. The van der Waals surface area contributed by atoms with Crippen LogP contribution in [0.2, 0.25) is 0 Å². The van der Waals surface area contributed by atoms with Crippen molar-refractivity contribution in [1.82, 2.24) is 9.36 Å². The normalized spacial score (nSPS) is 10.9. The maximum absolute atomic E-state index is 13.9.